The monoisotopic (exact) mass is 269 g/mol. The zero-order valence-electron chi connectivity index (χ0n) is 11.3. The standard InChI is InChI=1S/C15H23NO.ClH/c1-12(2)11-16-9-7-14(8-10-16)13-3-5-15(17)6-4-13;/h3-6,12,14,17H,7-11H2,1-2H3;1H. The molecule has 0 amide bonds. The van der Waals surface area contributed by atoms with Gasteiger partial charge < -0.3 is 10.0 Å². The molecular formula is C15H24ClNO. The minimum Gasteiger partial charge on any atom is -0.508 e. The predicted octanol–water partition coefficient (Wildman–Crippen LogP) is 3.65. The molecule has 1 heterocycles. The number of phenolic OH excluding ortho intramolecular Hbond substituents is 1. The maximum absolute atomic E-state index is 9.29. The molecule has 18 heavy (non-hydrogen) atoms. The molecule has 0 aromatic heterocycles. The van der Waals surface area contributed by atoms with Crippen molar-refractivity contribution in [3.8, 4) is 5.75 Å². The van der Waals surface area contributed by atoms with Crippen LogP contribution in [0.1, 0.15) is 38.2 Å². The summed E-state index contributed by atoms with van der Waals surface area (Å²) in [5.74, 6) is 1.81. The van der Waals surface area contributed by atoms with Gasteiger partial charge in [-0.15, -0.1) is 12.4 Å². The lowest BCUT2D eigenvalue weighted by Crippen LogP contribution is -2.35. The van der Waals surface area contributed by atoms with Gasteiger partial charge in [0, 0.05) is 6.54 Å². The average Bonchev–Trinajstić information content (AvgIpc) is 2.30. The van der Waals surface area contributed by atoms with Crippen LogP contribution in [-0.2, 0) is 0 Å². The number of rotatable bonds is 3. The maximum Gasteiger partial charge on any atom is 0.115 e. The van der Waals surface area contributed by atoms with E-state index < -0.39 is 0 Å². The molecule has 0 unspecified atom stereocenters. The highest BCUT2D eigenvalue weighted by Gasteiger charge is 2.20. The highest BCUT2D eigenvalue weighted by Crippen LogP contribution is 2.29. The van der Waals surface area contributed by atoms with E-state index in [1.165, 1.54) is 38.0 Å². The van der Waals surface area contributed by atoms with Crippen LogP contribution >= 0.6 is 12.4 Å². The molecule has 1 aliphatic rings. The van der Waals surface area contributed by atoms with Crippen LogP contribution in [0, 0.1) is 5.92 Å². The van der Waals surface area contributed by atoms with Crippen molar-refractivity contribution < 1.29 is 5.11 Å². The second-order valence-corrected chi connectivity index (χ2v) is 5.56. The number of halogens is 1. The molecule has 1 fully saturated rings. The molecule has 0 atom stereocenters. The fourth-order valence-electron chi connectivity index (χ4n) is 2.71. The SMILES string of the molecule is CC(C)CN1CCC(c2ccc(O)cc2)CC1.Cl. The van der Waals surface area contributed by atoms with E-state index in [4.69, 9.17) is 0 Å². The lowest BCUT2D eigenvalue weighted by Gasteiger charge is -2.33. The molecule has 0 radical (unpaired) electrons. The highest BCUT2D eigenvalue weighted by atomic mass is 35.5. The summed E-state index contributed by atoms with van der Waals surface area (Å²) in [4.78, 5) is 2.57. The third-order valence-corrected chi connectivity index (χ3v) is 3.58. The van der Waals surface area contributed by atoms with Gasteiger partial charge in [0.05, 0.1) is 0 Å². The Morgan fingerprint density at radius 2 is 1.72 bits per heavy atom. The normalized spacial score (nSPS) is 17.7. The van der Waals surface area contributed by atoms with Gasteiger partial charge in [0.2, 0.25) is 0 Å². The van der Waals surface area contributed by atoms with E-state index in [0.717, 1.165) is 5.92 Å². The number of piperidine rings is 1. The molecular weight excluding hydrogens is 246 g/mol. The van der Waals surface area contributed by atoms with E-state index in [9.17, 15) is 5.11 Å². The Balaban J connectivity index is 0.00000162. The first-order valence-electron chi connectivity index (χ1n) is 6.66. The first-order valence-corrected chi connectivity index (χ1v) is 6.66. The molecule has 0 bridgehead atoms. The fraction of sp³-hybridized carbons (Fsp3) is 0.600. The van der Waals surface area contributed by atoms with Gasteiger partial charge in [0.25, 0.3) is 0 Å². The molecule has 1 aromatic rings. The van der Waals surface area contributed by atoms with Gasteiger partial charge in [-0.3, -0.25) is 0 Å². The van der Waals surface area contributed by atoms with Crippen molar-refractivity contribution in [3.05, 3.63) is 29.8 Å². The number of aromatic hydroxyl groups is 1. The molecule has 2 nitrogen and oxygen atoms in total. The first-order chi connectivity index (χ1) is 8.15. The Morgan fingerprint density at radius 1 is 1.17 bits per heavy atom. The Hall–Kier alpha value is -0.730. The van der Waals surface area contributed by atoms with Gasteiger partial charge >= 0.3 is 0 Å². The van der Waals surface area contributed by atoms with Crippen LogP contribution in [0.15, 0.2) is 24.3 Å². The van der Waals surface area contributed by atoms with Crippen LogP contribution in [0.25, 0.3) is 0 Å². The lowest BCUT2D eigenvalue weighted by molar-refractivity contribution is 0.192. The minimum absolute atomic E-state index is 0. The van der Waals surface area contributed by atoms with E-state index in [-0.39, 0.29) is 12.4 Å². The van der Waals surface area contributed by atoms with Gasteiger partial charge in [-0.1, -0.05) is 26.0 Å². The summed E-state index contributed by atoms with van der Waals surface area (Å²) in [7, 11) is 0. The van der Waals surface area contributed by atoms with Gasteiger partial charge in [0.15, 0.2) is 0 Å². The number of benzene rings is 1. The quantitative estimate of drug-likeness (QED) is 0.905. The number of nitrogens with zero attached hydrogens (tertiary/aromatic N) is 1. The van der Waals surface area contributed by atoms with Crippen molar-refractivity contribution in [1.29, 1.82) is 0 Å². The van der Waals surface area contributed by atoms with Gasteiger partial charge in [0.1, 0.15) is 5.75 Å². The van der Waals surface area contributed by atoms with Crippen LogP contribution in [0.4, 0.5) is 0 Å². The molecule has 102 valence electrons. The zero-order valence-corrected chi connectivity index (χ0v) is 12.1. The molecule has 1 N–H and O–H groups in total. The fourth-order valence-corrected chi connectivity index (χ4v) is 2.71. The van der Waals surface area contributed by atoms with Crippen molar-refractivity contribution in [2.45, 2.75) is 32.6 Å². The largest absolute Gasteiger partial charge is 0.508 e. The predicted molar refractivity (Wildman–Crippen MR) is 78.6 cm³/mol. The second kappa shape index (κ2) is 7.01. The zero-order chi connectivity index (χ0) is 12.3. The summed E-state index contributed by atoms with van der Waals surface area (Å²) in [5.41, 5.74) is 1.38. The van der Waals surface area contributed by atoms with Crippen LogP contribution in [0.3, 0.4) is 0 Å². The average molecular weight is 270 g/mol. The first kappa shape index (κ1) is 15.3. The molecule has 1 aromatic carbocycles. The van der Waals surface area contributed by atoms with Gasteiger partial charge in [-0.25, -0.2) is 0 Å². The summed E-state index contributed by atoms with van der Waals surface area (Å²) < 4.78 is 0. The lowest BCUT2D eigenvalue weighted by atomic mass is 9.89. The smallest absolute Gasteiger partial charge is 0.115 e. The van der Waals surface area contributed by atoms with E-state index in [2.05, 4.69) is 30.9 Å². The van der Waals surface area contributed by atoms with Gasteiger partial charge in [-0.2, -0.15) is 0 Å². The van der Waals surface area contributed by atoms with Crippen molar-refractivity contribution in [3.63, 3.8) is 0 Å². The Morgan fingerprint density at radius 3 is 2.22 bits per heavy atom. The molecule has 0 aliphatic carbocycles. The van der Waals surface area contributed by atoms with E-state index >= 15 is 0 Å². The van der Waals surface area contributed by atoms with E-state index in [1.807, 2.05) is 0 Å². The molecule has 1 saturated heterocycles. The van der Waals surface area contributed by atoms with Crippen molar-refractivity contribution in [2.75, 3.05) is 19.6 Å². The number of likely N-dealkylation sites (tertiary alicyclic amines) is 1. The third-order valence-electron chi connectivity index (χ3n) is 3.58. The molecule has 3 heteroatoms. The molecule has 0 saturated carbocycles. The summed E-state index contributed by atoms with van der Waals surface area (Å²) in [5, 5.41) is 9.29. The highest BCUT2D eigenvalue weighted by molar-refractivity contribution is 5.85. The summed E-state index contributed by atoms with van der Waals surface area (Å²) in [6.45, 7) is 8.22. The van der Waals surface area contributed by atoms with Crippen LogP contribution in [0.5, 0.6) is 5.75 Å². The topological polar surface area (TPSA) is 23.5 Å². The van der Waals surface area contributed by atoms with E-state index in [1.54, 1.807) is 12.1 Å². The Kier molecular flexibility index (Phi) is 5.97. The van der Waals surface area contributed by atoms with Crippen molar-refractivity contribution in [2.24, 2.45) is 5.92 Å². The van der Waals surface area contributed by atoms with E-state index in [0.29, 0.717) is 11.7 Å². The minimum atomic E-state index is 0. The summed E-state index contributed by atoms with van der Waals surface area (Å²) in [6.07, 6.45) is 2.50. The van der Waals surface area contributed by atoms with Crippen molar-refractivity contribution >= 4 is 12.4 Å². The number of hydrogen-bond donors (Lipinski definition) is 1. The molecule has 1 aliphatic heterocycles. The van der Waals surface area contributed by atoms with Crippen molar-refractivity contribution in [1.82, 2.24) is 4.90 Å². The Labute approximate surface area is 116 Å². The maximum atomic E-state index is 9.29. The number of hydrogen-bond acceptors (Lipinski definition) is 2. The second-order valence-electron chi connectivity index (χ2n) is 5.56. The summed E-state index contributed by atoms with van der Waals surface area (Å²) in [6, 6.07) is 7.74. The Bertz CT molecular complexity index is 342. The molecule has 0 spiro atoms. The van der Waals surface area contributed by atoms with Crippen LogP contribution < -0.4 is 0 Å². The van der Waals surface area contributed by atoms with Gasteiger partial charge in [-0.05, 0) is 55.5 Å². The number of phenols is 1. The summed E-state index contributed by atoms with van der Waals surface area (Å²) >= 11 is 0. The van der Waals surface area contributed by atoms with Crippen LogP contribution in [-0.4, -0.2) is 29.6 Å². The molecule has 2 rings (SSSR count). The van der Waals surface area contributed by atoms with Crippen LogP contribution in [0.2, 0.25) is 0 Å². The third kappa shape index (κ3) is 4.18.